The molecule has 1 fully saturated rings. The number of aryl methyl sites for hydroxylation is 1. The number of carbonyl (C=O) groups is 1. The monoisotopic (exact) mass is 299 g/mol. The molecule has 0 unspecified atom stereocenters. The molecule has 1 saturated heterocycles. The lowest BCUT2D eigenvalue weighted by Crippen LogP contribution is -2.28. The van der Waals surface area contributed by atoms with Crippen LogP contribution in [0.25, 0.3) is 11.4 Å². The van der Waals surface area contributed by atoms with E-state index in [0.29, 0.717) is 0 Å². The van der Waals surface area contributed by atoms with Crippen LogP contribution in [0, 0.1) is 0 Å². The topological polar surface area (TPSA) is 63.9 Å². The van der Waals surface area contributed by atoms with Crippen LogP contribution in [0.2, 0.25) is 0 Å². The van der Waals surface area contributed by atoms with Gasteiger partial charge < -0.3 is 4.90 Å². The first-order valence-corrected chi connectivity index (χ1v) is 7.82. The van der Waals surface area contributed by atoms with Crippen molar-refractivity contribution >= 4 is 5.91 Å². The minimum atomic E-state index is 0.0691. The van der Waals surface area contributed by atoms with Crippen LogP contribution in [0.3, 0.4) is 0 Å². The molecule has 0 aromatic carbocycles. The van der Waals surface area contributed by atoms with Crippen molar-refractivity contribution in [2.75, 3.05) is 6.54 Å². The molecule has 0 radical (unpaired) electrons. The van der Waals surface area contributed by atoms with Gasteiger partial charge >= 0.3 is 0 Å². The van der Waals surface area contributed by atoms with Crippen LogP contribution >= 0.6 is 0 Å². The van der Waals surface area contributed by atoms with E-state index in [4.69, 9.17) is 0 Å². The van der Waals surface area contributed by atoms with Gasteiger partial charge in [-0.15, -0.1) is 0 Å². The number of carbonyl (C=O) groups excluding carboxylic acids is 1. The first kappa shape index (κ1) is 14.7. The third-order valence-corrected chi connectivity index (χ3v) is 4.08. The van der Waals surface area contributed by atoms with Crippen molar-refractivity contribution in [3.63, 3.8) is 0 Å². The lowest BCUT2D eigenvalue weighted by molar-refractivity contribution is -0.129. The van der Waals surface area contributed by atoms with E-state index in [1.54, 1.807) is 25.5 Å². The number of likely N-dealkylation sites (tertiary alicyclic amines) is 1. The molecule has 6 nitrogen and oxygen atoms in total. The van der Waals surface area contributed by atoms with Crippen molar-refractivity contribution in [2.24, 2.45) is 0 Å². The Morgan fingerprint density at radius 1 is 1.36 bits per heavy atom. The Bertz CT molecular complexity index is 649. The number of hydrogen-bond donors (Lipinski definition) is 0. The summed E-state index contributed by atoms with van der Waals surface area (Å²) in [5, 5.41) is 4.31. The highest BCUT2D eigenvalue weighted by Crippen LogP contribution is 2.30. The maximum absolute atomic E-state index is 11.7. The van der Waals surface area contributed by atoms with E-state index in [-0.39, 0.29) is 11.9 Å². The van der Waals surface area contributed by atoms with Crippen molar-refractivity contribution in [3.05, 3.63) is 30.4 Å². The summed E-state index contributed by atoms with van der Waals surface area (Å²) < 4.78 is 1.95. The first-order valence-electron chi connectivity index (χ1n) is 7.82. The van der Waals surface area contributed by atoms with Crippen LogP contribution < -0.4 is 0 Å². The minimum absolute atomic E-state index is 0.0691. The zero-order chi connectivity index (χ0) is 15.5. The predicted molar refractivity (Wildman–Crippen MR) is 82.9 cm³/mol. The van der Waals surface area contributed by atoms with Crippen molar-refractivity contribution in [1.29, 1.82) is 0 Å². The Morgan fingerprint density at radius 3 is 2.91 bits per heavy atom. The summed E-state index contributed by atoms with van der Waals surface area (Å²) >= 11 is 0. The minimum Gasteiger partial charge on any atom is -0.334 e. The molecule has 1 aliphatic heterocycles. The zero-order valence-corrected chi connectivity index (χ0v) is 13.1. The third kappa shape index (κ3) is 2.73. The summed E-state index contributed by atoms with van der Waals surface area (Å²) in [5.41, 5.74) is 2.68. The summed E-state index contributed by atoms with van der Waals surface area (Å²) in [5.74, 6) is 0.106. The summed E-state index contributed by atoms with van der Waals surface area (Å²) in [6, 6.07) is 2.02. The fourth-order valence-corrected chi connectivity index (χ4v) is 3.03. The maximum Gasteiger partial charge on any atom is 0.220 e. The molecule has 0 aliphatic carbocycles. The van der Waals surface area contributed by atoms with E-state index in [1.165, 1.54) is 0 Å². The molecule has 0 spiro atoms. The van der Waals surface area contributed by atoms with Gasteiger partial charge in [0.05, 0.1) is 29.8 Å². The van der Waals surface area contributed by atoms with Gasteiger partial charge in [0.25, 0.3) is 0 Å². The van der Waals surface area contributed by atoms with Gasteiger partial charge in [-0.2, -0.15) is 5.10 Å². The lowest BCUT2D eigenvalue weighted by Gasteiger charge is -2.22. The van der Waals surface area contributed by atoms with Crippen LogP contribution in [0.4, 0.5) is 0 Å². The van der Waals surface area contributed by atoms with Gasteiger partial charge in [-0.05, 0) is 25.3 Å². The highest BCUT2D eigenvalue weighted by Gasteiger charge is 2.29. The number of aromatic nitrogens is 4. The van der Waals surface area contributed by atoms with Gasteiger partial charge in [0, 0.05) is 26.2 Å². The Morgan fingerprint density at radius 2 is 2.23 bits per heavy atom. The summed E-state index contributed by atoms with van der Waals surface area (Å²) in [6.45, 7) is 5.42. The number of hydrogen-bond acceptors (Lipinski definition) is 4. The van der Waals surface area contributed by atoms with E-state index in [9.17, 15) is 4.79 Å². The molecule has 2 aromatic rings. The Kier molecular flexibility index (Phi) is 4.18. The zero-order valence-electron chi connectivity index (χ0n) is 13.1. The Hall–Kier alpha value is -2.24. The molecule has 1 aliphatic rings. The summed E-state index contributed by atoms with van der Waals surface area (Å²) in [4.78, 5) is 22.6. The molecule has 0 saturated carbocycles. The molecule has 22 heavy (non-hydrogen) atoms. The number of nitrogens with zero attached hydrogens (tertiary/aromatic N) is 5. The number of amides is 1. The predicted octanol–water partition coefficient (Wildman–Crippen LogP) is 2.43. The second-order valence-corrected chi connectivity index (χ2v) is 5.64. The van der Waals surface area contributed by atoms with Gasteiger partial charge in [-0.3, -0.25) is 19.4 Å². The van der Waals surface area contributed by atoms with Crippen LogP contribution in [-0.4, -0.2) is 37.1 Å². The van der Waals surface area contributed by atoms with E-state index in [1.807, 2.05) is 15.6 Å². The van der Waals surface area contributed by atoms with Gasteiger partial charge in [0.15, 0.2) is 0 Å². The van der Waals surface area contributed by atoms with Crippen molar-refractivity contribution in [2.45, 2.75) is 45.7 Å². The first-order chi connectivity index (χ1) is 10.7. The molecule has 6 heteroatoms. The highest BCUT2D eigenvalue weighted by atomic mass is 16.2. The van der Waals surface area contributed by atoms with Crippen LogP contribution in [0.15, 0.2) is 24.7 Å². The van der Waals surface area contributed by atoms with Gasteiger partial charge in [0.1, 0.15) is 5.69 Å². The summed E-state index contributed by atoms with van der Waals surface area (Å²) in [7, 11) is 0. The molecular formula is C16H21N5O. The van der Waals surface area contributed by atoms with E-state index < -0.39 is 0 Å². The van der Waals surface area contributed by atoms with Crippen molar-refractivity contribution in [1.82, 2.24) is 24.6 Å². The standard InChI is InChI=1S/C16H21N5O/c1-3-8-21-16(6-7-19-21)14-11-17-13(10-18-14)15-5-4-9-20(15)12(2)22/h6-7,10-11,15H,3-5,8-9H2,1-2H3/t15-/m1/s1. The molecule has 3 heterocycles. The molecule has 1 amide bonds. The fourth-order valence-electron chi connectivity index (χ4n) is 3.03. The van der Waals surface area contributed by atoms with Crippen LogP contribution in [0.5, 0.6) is 0 Å². The molecule has 2 aromatic heterocycles. The molecule has 3 rings (SSSR count). The van der Waals surface area contributed by atoms with E-state index in [2.05, 4.69) is 22.0 Å². The second-order valence-electron chi connectivity index (χ2n) is 5.64. The van der Waals surface area contributed by atoms with Crippen molar-refractivity contribution < 1.29 is 4.79 Å². The highest BCUT2D eigenvalue weighted by molar-refractivity contribution is 5.74. The SMILES string of the molecule is CCCn1nccc1-c1cnc([C@H]2CCCN2C(C)=O)cn1. The van der Waals surface area contributed by atoms with E-state index in [0.717, 1.165) is 49.4 Å². The molecule has 1 atom stereocenters. The molecule has 116 valence electrons. The van der Waals surface area contributed by atoms with Gasteiger partial charge in [-0.1, -0.05) is 6.92 Å². The average Bonchev–Trinajstić information content (AvgIpc) is 3.16. The summed E-state index contributed by atoms with van der Waals surface area (Å²) in [6.07, 6.45) is 8.38. The smallest absolute Gasteiger partial charge is 0.220 e. The van der Waals surface area contributed by atoms with Gasteiger partial charge in [0.2, 0.25) is 5.91 Å². The normalized spacial score (nSPS) is 17.9. The third-order valence-electron chi connectivity index (χ3n) is 4.08. The average molecular weight is 299 g/mol. The van der Waals surface area contributed by atoms with Crippen molar-refractivity contribution in [3.8, 4) is 11.4 Å². The van der Waals surface area contributed by atoms with Crippen LogP contribution in [-0.2, 0) is 11.3 Å². The second kappa shape index (κ2) is 6.25. The lowest BCUT2D eigenvalue weighted by atomic mass is 10.1. The molecule has 0 bridgehead atoms. The van der Waals surface area contributed by atoms with Gasteiger partial charge in [-0.25, -0.2) is 0 Å². The molecule has 0 N–H and O–H groups in total. The Balaban J connectivity index is 1.83. The van der Waals surface area contributed by atoms with E-state index >= 15 is 0 Å². The quantitative estimate of drug-likeness (QED) is 0.870. The largest absolute Gasteiger partial charge is 0.334 e. The number of rotatable bonds is 4. The molecular weight excluding hydrogens is 278 g/mol. The maximum atomic E-state index is 11.7. The Labute approximate surface area is 130 Å². The fraction of sp³-hybridized carbons (Fsp3) is 0.500. The van der Waals surface area contributed by atoms with Crippen LogP contribution in [0.1, 0.15) is 44.8 Å².